The van der Waals surface area contributed by atoms with Crippen LogP contribution in [0.1, 0.15) is 19.8 Å². The molecule has 0 aliphatic rings. The maximum atomic E-state index is 5.29. The van der Waals surface area contributed by atoms with Crippen LogP contribution >= 0.6 is 0 Å². The van der Waals surface area contributed by atoms with Gasteiger partial charge < -0.3 is 19.7 Å². The average Bonchev–Trinajstić information content (AvgIpc) is 2.59. The maximum Gasteiger partial charge on any atom is 0.249 e. The van der Waals surface area contributed by atoms with Crippen LogP contribution < -0.4 is 19.7 Å². The molecule has 1 aromatic heterocycles. The zero-order valence-electron chi connectivity index (χ0n) is 14.0. The lowest BCUT2D eigenvalue weighted by Gasteiger charge is -2.17. The van der Waals surface area contributed by atoms with Crippen LogP contribution in [0.4, 0.5) is 17.5 Å². The van der Waals surface area contributed by atoms with Gasteiger partial charge in [0.05, 0.1) is 20.4 Å². The number of anilines is 3. The van der Waals surface area contributed by atoms with Crippen LogP contribution in [-0.2, 0) is 0 Å². The van der Waals surface area contributed by atoms with E-state index in [1.165, 1.54) is 0 Å². The van der Waals surface area contributed by atoms with Crippen LogP contribution in [-0.4, -0.2) is 43.0 Å². The number of ether oxygens (including phenoxy) is 2. The summed E-state index contributed by atoms with van der Waals surface area (Å²) in [6.07, 6.45) is 3.91. The Morgan fingerprint density at radius 1 is 1.17 bits per heavy atom. The van der Waals surface area contributed by atoms with Gasteiger partial charge in [-0.15, -0.1) is 5.10 Å². The van der Waals surface area contributed by atoms with Crippen molar-refractivity contribution in [1.82, 2.24) is 15.2 Å². The summed E-state index contributed by atoms with van der Waals surface area (Å²) in [5.74, 6) is 2.54. The van der Waals surface area contributed by atoms with Crippen molar-refractivity contribution < 1.29 is 9.47 Å². The van der Waals surface area contributed by atoms with Crippen molar-refractivity contribution in [2.75, 3.05) is 38.0 Å². The molecule has 7 nitrogen and oxygen atoms in total. The highest BCUT2D eigenvalue weighted by atomic mass is 16.5. The summed E-state index contributed by atoms with van der Waals surface area (Å²) >= 11 is 0. The molecule has 2 aromatic rings. The zero-order chi connectivity index (χ0) is 16.7. The number of hydrogen-bond donors (Lipinski definition) is 1. The lowest BCUT2D eigenvalue weighted by Crippen LogP contribution is -2.20. The molecule has 0 spiro atoms. The minimum Gasteiger partial charge on any atom is -0.493 e. The van der Waals surface area contributed by atoms with Crippen LogP contribution in [0.15, 0.2) is 24.4 Å². The second-order valence-electron chi connectivity index (χ2n) is 5.11. The Bertz CT molecular complexity index is 636. The molecule has 0 amide bonds. The summed E-state index contributed by atoms with van der Waals surface area (Å²) in [5, 5.41) is 11.2. The summed E-state index contributed by atoms with van der Waals surface area (Å²) in [4.78, 5) is 6.56. The molecule has 1 heterocycles. The Morgan fingerprint density at radius 2 is 1.96 bits per heavy atom. The molecule has 1 aromatic carbocycles. The predicted molar refractivity (Wildman–Crippen MR) is 90.8 cm³/mol. The minimum atomic E-state index is 0.443. The molecule has 0 saturated heterocycles. The molecular weight excluding hydrogens is 294 g/mol. The lowest BCUT2D eigenvalue weighted by atomic mass is 10.3. The van der Waals surface area contributed by atoms with E-state index in [9.17, 15) is 0 Å². The van der Waals surface area contributed by atoms with Gasteiger partial charge in [-0.25, -0.2) is 0 Å². The molecular formula is C16H23N5O2. The number of rotatable bonds is 8. The number of nitrogens with zero attached hydrogens (tertiary/aromatic N) is 4. The number of methoxy groups -OCH3 is 2. The third kappa shape index (κ3) is 4.45. The molecule has 2 rings (SSSR count). The van der Waals surface area contributed by atoms with E-state index in [0.717, 1.165) is 30.9 Å². The van der Waals surface area contributed by atoms with Crippen LogP contribution in [0.2, 0.25) is 0 Å². The van der Waals surface area contributed by atoms with E-state index in [4.69, 9.17) is 9.47 Å². The lowest BCUT2D eigenvalue weighted by molar-refractivity contribution is 0.355. The molecule has 0 fully saturated rings. The first kappa shape index (κ1) is 16.8. The molecule has 23 heavy (non-hydrogen) atoms. The van der Waals surface area contributed by atoms with Crippen LogP contribution in [0, 0.1) is 0 Å². The van der Waals surface area contributed by atoms with E-state index >= 15 is 0 Å². The van der Waals surface area contributed by atoms with Crippen molar-refractivity contribution in [3.8, 4) is 11.5 Å². The second-order valence-corrected chi connectivity index (χ2v) is 5.11. The highest BCUT2D eigenvalue weighted by molar-refractivity contribution is 5.60. The number of benzene rings is 1. The third-order valence-corrected chi connectivity index (χ3v) is 3.42. The number of hydrogen-bond acceptors (Lipinski definition) is 7. The van der Waals surface area contributed by atoms with Gasteiger partial charge in [0.25, 0.3) is 0 Å². The molecule has 0 aliphatic heterocycles. The van der Waals surface area contributed by atoms with Gasteiger partial charge in [-0.1, -0.05) is 13.3 Å². The summed E-state index contributed by atoms with van der Waals surface area (Å²) < 4.78 is 10.5. The standard InChI is InChI=1S/C16H23N5O2/c1-5-6-9-21(2)15-11-17-20-16(19-15)18-12-7-8-13(22-3)14(10-12)23-4/h7-8,10-11H,5-6,9H2,1-4H3,(H,18,19,20). The highest BCUT2D eigenvalue weighted by Crippen LogP contribution is 2.30. The number of aromatic nitrogens is 3. The summed E-state index contributed by atoms with van der Waals surface area (Å²) in [6, 6.07) is 5.53. The maximum absolute atomic E-state index is 5.29. The van der Waals surface area contributed by atoms with E-state index in [1.54, 1.807) is 20.4 Å². The first-order valence-electron chi connectivity index (χ1n) is 7.57. The van der Waals surface area contributed by atoms with Crippen molar-refractivity contribution in [2.45, 2.75) is 19.8 Å². The fourth-order valence-electron chi connectivity index (χ4n) is 2.08. The molecule has 0 aliphatic carbocycles. The number of nitrogens with one attached hydrogen (secondary N) is 1. The normalized spacial score (nSPS) is 10.3. The van der Waals surface area contributed by atoms with Gasteiger partial charge in [0.2, 0.25) is 5.95 Å². The van der Waals surface area contributed by atoms with E-state index in [-0.39, 0.29) is 0 Å². The molecule has 0 unspecified atom stereocenters. The van der Waals surface area contributed by atoms with Crippen molar-refractivity contribution in [3.63, 3.8) is 0 Å². The van der Waals surface area contributed by atoms with Crippen molar-refractivity contribution in [1.29, 1.82) is 0 Å². The quantitative estimate of drug-likeness (QED) is 0.802. The first-order valence-corrected chi connectivity index (χ1v) is 7.57. The summed E-state index contributed by atoms with van der Waals surface area (Å²) in [5.41, 5.74) is 0.804. The van der Waals surface area contributed by atoms with Gasteiger partial charge in [0.15, 0.2) is 17.3 Å². The Hall–Kier alpha value is -2.57. The van der Waals surface area contributed by atoms with Crippen molar-refractivity contribution in [2.24, 2.45) is 0 Å². The van der Waals surface area contributed by atoms with Crippen LogP contribution in [0.5, 0.6) is 11.5 Å². The molecule has 0 saturated carbocycles. The smallest absolute Gasteiger partial charge is 0.249 e. The first-order chi connectivity index (χ1) is 11.2. The molecule has 0 atom stereocenters. The topological polar surface area (TPSA) is 72.4 Å². The minimum absolute atomic E-state index is 0.443. The summed E-state index contributed by atoms with van der Waals surface area (Å²) in [6.45, 7) is 3.10. The van der Waals surface area contributed by atoms with Crippen molar-refractivity contribution >= 4 is 17.5 Å². The van der Waals surface area contributed by atoms with Gasteiger partial charge in [-0.2, -0.15) is 10.1 Å². The van der Waals surface area contributed by atoms with Crippen molar-refractivity contribution in [3.05, 3.63) is 24.4 Å². The number of unbranched alkanes of at least 4 members (excludes halogenated alkanes) is 1. The molecule has 7 heteroatoms. The Balaban J connectivity index is 2.14. The van der Waals surface area contributed by atoms with Gasteiger partial charge >= 0.3 is 0 Å². The fraction of sp³-hybridized carbons (Fsp3) is 0.438. The highest BCUT2D eigenvalue weighted by Gasteiger charge is 2.08. The van der Waals surface area contributed by atoms with Crippen LogP contribution in [0.3, 0.4) is 0 Å². The van der Waals surface area contributed by atoms with Gasteiger partial charge in [0.1, 0.15) is 0 Å². The molecule has 1 N–H and O–H groups in total. The van der Waals surface area contributed by atoms with E-state index in [2.05, 4.69) is 32.3 Å². The van der Waals surface area contributed by atoms with Crippen LogP contribution in [0.25, 0.3) is 0 Å². The third-order valence-electron chi connectivity index (χ3n) is 3.42. The monoisotopic (exact) mass is 317 g/mol. The van der Waals surface area contributed by atoms with Gasteiger partial charge in [0, 0.05) is 25.3 Å². The largest absolute Gasteiger partial charge is 0.493 e. The Labute approximate surface area is 136 Å². The predicted octanol–water partition coefficient (Wildman–Crippen LogP) is 2.87. The Morgan fingerprint density at radius 3 is 2.65 bits per heavy atom. The summed E-state index contributed by atoms with van der Waals surface area (Å²) in [7, 11) is 5.20. The molecule has 0 radical (unpaired) electrons. The zero-order valence-corrected chi connectivity index (χ0v) is 14.0. The molecule has 124 valence electrons. The molecule has 0 bridgehead atoms. The van der Waals surface area contributed by atoms with E-state index in [0.29, 0.717) is 17.4 Å². The average molecular weight is 317 g/mol. The SMILES string of the molecule is CCCCN(C)c1cnnc(Nc2ccc(OC)c(OC)c2)n1. The van der Waals surface area contributed by atoms with E-state index in [1.807, 2.05) is 25.2 Å². The fourth-order valence-corrected chi connectivity index (χ4v) is 2.08. The second kappa shape index (κ2) is 8.17. The van der Waals surface area contributed by atoms with E-state index < -0.39 is 0 Å². The van der Waals surface area contributed by atoms with Gasteiger partial charge in [-0.05, 0) is 18.6 Å². The Kier molecular flexibility index (Phi) is 5.96. The van der Waals surface area contributed by atoms with Gasteiger partial charge in [-0.3, -0.25) is 0 Å².